The molecule has 0 fully saturated rings. The summed E-state index contributed by atoms with van der Waals surface area (Å²) in [4.78, 5) is 12.9. The van der Waals surface area contributed by atoms with Gasteiger partial charge in [-0.15, -0.1) is 11.6 Å². The summed E-state index contributed by atoms with van der Waals surface area (Å²) in [5.41, 5.74) is 3.37. The predicted molar refractivity (Wildman–Crippen MR) is 85.2 cm³/mol. The molecule has 0 amide bonds. The molecular weight excluding hydrogens is 356 g/mol. The minimum Gasteiger partial charge on any atom is -0.479 e. The van der Waals surface area contributed by atoms with Crippen LogP contribution in [0.15, 0.2) is 29.0 Å². The number of rotatable bonds is 3. The van der Waals surface area contributed by atoms with E-state index in [1.54, 1.807) is 7.11 Å². The summed E-state index contributed by atoms with van der Waals surface area (Å²) in [6, 6.07) is 6.05. The number of nitrogens with zero attached hydrogens (tertiary/aromatic N) is 4. The van der Waals surface area contributed by atoms with E-state index in [1.165, 1.54) is 6.33 Å². The van der Waals surface area contributed by atoms with Crippen molar-refractivity contribution in [3.8, 4) is 11.6 Å². The maximum absolute atomic E-state index is 6.04. The summed E-state index contributed by atoms with van der Waals surface area (Å²) in [6.45, 7) is 2.04. The number of ether oxygens (including phenoxy) is 1. The molecule has 3 aromatic rings. The topological polar surface area (TPSA) is 52.8 Å². The average Bonchev–Trinajstić information content (AvgIpc) is 2.88. The number of fused-ring (bicyclic) bond motifs is 1. The smallest absolute Gasteiger partial charge is 0.245 e. The van der Waals surface area contributed by atoms with Crippen LogP contribution < -0.4 is 4.74 Å². The minimum absolute atomic E-state index is 0.269. The van der Waals surface area contributed by atoms with E-state index in [2.05, 4.69) is 30.9 Å². The fraction of sp³-hybridized carbons (Fsp3) is 0.214. The first-order valence-corrected chi connectivity index (χ1v) is 7.57. The first-order valence-electron chi connectivity index (χ1n) is 6.24. The molecule has 2 heterocycles. The second-order valence-electron chi connectivity index (χ2n) is 4.49. The van der Waals surface area contributed by atoms with Crippen LogP contribution in [0, 0.1) is 6.92 Å². The summed E-state index contributed by atoms with van der Waals surface area (Å²) in [7, 11) is 1.56. The van der Waals surface area contributed by atoms with Gasteiger partial charge in [-0.05, 0) is 24.6 Å². The van der Waals surface area contributed by atoms with Crippen LogP contribution in [0.2, 0.25) is 0 Å². The van der Waals surface area contributed by atoms with Gasteiger partial charge in [-0.2, -0.15) is 4.98 Å². The molecule has 0 spiro atoms. The van der Waals surface area contributed by atoms with Crippen LogP contribution in [-0.4, -0.2) is 26.6 Å². The van der Waals surface area contributed by atoms with Crippen molar-refractivity contribution < 1.29 is 4.74 Å². The molecule has 108 valence electrons. The zero-order valence-electron chi connectivity index (χ0n) is 11.5. The van der Waals surface area contributed by atoms with Crippen molar-refractivity contribution in [3.05, 3.63) is 40.4 Å². The number of methoxy groups -OCH3 is 1. The van der Waals surface area contributed by atoms with Crippen molar-refractivity contribution in [2.75, 3.05) is 7.11 Å². The number of aryl methyl sites for hydroxylation is 1. The lowest BCUT2D eigenvalue weighted by atomic mass is 10.2. The largest absolute Gasteiger partial charge is 0.479 e. The summed E-state index contributed by atoms with van der Waals surface area (Å²) in [5, 5.41) is 0. The van der Waals surface area contributed by atoms with E-state index in [0.29, 0.717) is 22.9 Å². The van der Waals surface area contributed by atoms with Crippen molar-refractivity contribution in [3.63, 3.8) is 0 Å². The van der Waals surface area contributed by atoms with Crippen molar-refractivity contribution >= 4 is 38.7 Å². The summed E-state index contributed by atoms with van der Waals surface area (Å²) < 4.78 is 8.17. The molecule has 0 aliphatic heterocycles. The van der Waals surface area contributed by atoms with Gasteiger partial charge in [0.05, 0.1) is 18.7 Å². The molecule has 0 saturated heterocycles. The first-order chi connectivity index (χ1) is 10.2. The minimum atomic E-state index is 0.269. The molecule has 3 rings (SSSR count). The standard InChI is InChI=1S/C14H12BrClN4O/c1-8-3-4-9(5-10(8)15)20-11(6-16)19-12-13(20)17-7-18-14(12)21-2/h3-5,7H,6H2,1-2H3. The number of halogens is 2. The highest BCUT2D eigenvalue weighted by molar-refractivity contribution is 9.10. The number of hydrogen-bond acceptors (Lipinski definition) is 4. The number of aromatic nitrogens is 4. The Morgan fingerprint density at radius 3 is 2.81 bits per heavy atom. The highest BCUT2D eigenvalue weighted by Crippen LogP contribution is 2.28. The van der Waals surface area contributed by atoms with Crippen LogP contribution in [0.3, 0.4) is 0 Å². The van der Waals surface area contributed by atoms with E-state index in [9.17, 15) is 0 Å². The van der Waals surface area contributed by atoms with Gasteiger partial charge in [0.2, 0.25) is 5.88 Å². The third-order valence-corrected chi connectivity index (χ3v) is 4.30. The number of imidazole rings is 1. The third-order valence-electron chi connectivity index (χ3n) is 3.21. The molecule has 21 heavy (non-hydrogen) atoms. The van der Waals surface area contributed by atoms with Crippen LogP contribution in [0.25, 0.3) is 16.9 Å². The lowest BCUT2D eigenvalue weighted by molar-refractivity contribution is 0.401. The normalized spacial score (nSPS) is 11.0. The third kappa shape index (κ3) is 2.38. The quantitative estimate of drug-likeness (QED) is 0.663. The lowest BCUT2D eigenvalue weighted by Crippen LogP contribution is -2.01. The monoisotopic (exact) mass is 366 g/mol. The summed E-state index contributed by atoms with van der Waals surface area (Å²) >= 11 is 9.58. The van der Waals surface area contributed by atoms with Crippen LogP contribution in [-0.2, 0) is 5.88 Å². The zero-order chi connectivity index (χ0) is 15.0. The van der Waals surface area contributed by atoms with E-state index in [0.717, 1.165) is 15.7 Å². The van der Waals surface area contributed by atoms with Crippen LogP contribution >= 0.6 is 27.5 Å². The number of hydrogen-bond donors (Lipinski definition) is 0. The van der Waals surface area contributed by atoms with Gasteiger partial charge in [-0.1, -0.05) is 22.0 Å². The molecule has 5 nitrogen and oxygen atoms in total. The van der Waals surface area contributed by atoms with E-state index in [4.69, 9.17) is 16.3 Å². The number of alkyl halides is 1. The van der Waals surface area contributed by atoms with Gasteiger partial charge in [0.1, 0.15) is 12.2 Å². The molecule has 7 heteroatoms. The van der Waals surface area contributed by atoms with Crippen molar-refractivity contribution in [1.29, 1.82) is 0 Å². The molecule has 0 N–H and O–H groups in total. The fourth-order valence-corrected chi connectivity index (χ4v) is 2.69. The van der Waals surface area contributed by atoms with Crippen LogP contribution in [0.5, 0.6) is 5.88 Å². The van der Waals surface area contributed by atoms with Gasteiger partial charge in [-0.25, -0.2) is 9.97 Å². The van der Waals surface area contributed by atoms with Gasteiger partial charge in [-0.3, -0.25) is 4.57 Å². The molecule has 0 radical (unpaired) electrons. The Kier molecular flexibility index (Phi) is 3.82. The van der Waals surface area contributed by atoms with Gasteiger partial charge < -0.3 is 4.74 Å². The van der Waals surface area contributed by atoms with Gasteiger partial charge in [0, 0.05) is 4.47 Å². The highest BCUT2D eigenvalue weighted by Gasteiger charge is 2.17. The zero-order valence-corrected chi connectivity index (χ0v) is 13.8. The molecule has 0 unspecified atom stereocenters. The Morgan fingerprint density at radius 2 is 2.14 bits per heavy atom. The van der Waals surface area contributed by atoms with Crippen molar-refractivity contribution in [1.82, 2.24) is 19.5 Å². The van der Waals surface area contributed by atoms with Crippen molar-refractivity contribution in [2.24, 2.45) is 0 Å². The van der Waals surface area contributed by atoms with Gasteiger partial charge in [0.15, 0.2) is 11.2 Å². The average molecular weight is 368 g/mol. The summed E-state index contributed by atoms with van der Waals surface area (Å²) in [5.74, 6) is 1.41. The van der Waals surface area contributed by atoms with E-state index >= 15 is 0 Å². The molecule has 1 aromatic carbocycles. The Labute approximate surface area is 135 Å². The Hall–Kier alpha value is -1.66. The van der Waals surface area contributed by atoms with Gasteiger partial charge in [0.25, 0.3) is 0 Å². The fourth-order valence-electron chi connectivity index (χ4n) is 2.15. The SMILES string of the molecule is COc1ncnc2c1nc(CCl)n2-c1ccc(C)c(Br)c1. The predicted octanol–water partition coefficient (Wildman–Crippen LogP) is 3.63. The maximum Gasteiger partial charge on any atom is 0.245 e. The van der Waals surface area contributed by atoms with Gasteiger partial charge >= 0.3 is 0 Å². The first kappa shape index (κ1) is 14.3. The van der Waals surface area contributed by atoms with Crippen molar-refractivity contribution in [2.45, 2.75) is 12.8 Å². The Balaban J connectivity index is 2.32. The number of benzene rings is 1. The Morgan fingerprint density at radius 1 is 1.33 bits per heavy atom. The molecule has 0 bridgehead atoms. The van der Waals surface area contributed by atoms with Crippen LogP contribution in [0.1, 0.15) is 11.4 Å². The highest BCUT2D eigenvalue weighted by atomic mass is 79.9. The maximum atomic E-state index is 6.04. The van der Waals surface area contributed by atoms with Crippen LogP contribution in [0.4, 0.5) is 0 Å². The van der Waals surface area contributed by atoms with E-state index < -0.39 is 0 Å². The van der Waals surface area contributed by atoms with E-state index in [-0.39, 0.29) is 5.88 Å². The second kappa shape index (κ2) is 5.61. The molecule has 0 aliphatic rings. The molecule has 2 aromatic heterocycles. The Bertz CT molecular complexity index is 818. The second-order valence-corrected chi connectivity index (χ2v) is 5.61. The van der Waals surface area contributed by atoms with E-state index in [1.807, 2.05) is 29.7 Å². The summed E-state index contributed by atoms with van der Waals surface area (Å²) in [6.07, 6.45) is 1.46. The molecule has 0 atom stereocenters. The molecular formula is C14H12BrClN4O. The lowest BCUT2D eigenvalue weighted by Gasteiger charge is -2.09. The molecule has 0 aliphatic carbocycles. The molecule has 0 saturated carbocycles.